The second-order valence-corrected chi connectivity index (χ2v) is 5.99. The van der Waals surface area contributed by atoms with Crippen LogP contribution in [0.25, 0.3) is 0 Å². The van der Waals surface area contributed by atoms with E-state index >= 15 is 0 Å². The molecule has 0 unspecified atom stereocenters. The summed E-state index contributed by atoms with van der Waals surface area (Å²) in [5, 5.41) is 13.5. The van der Waals surface area contributed by atoms with Crippen LogP contribution in [0.5, 0.6) is 0 Å². The number of anilines is 1. The van der Waals surface area contributed by atoms with Gasteiger partial charge in [0.1, 0.15) is 0 Å². The van der Waals surface area contributed by atoms with Crippen LogP contribution in [0.3, 0.4) is 0 Å². The maximum Gasteiger partial charge on any atom is 0.271 e. The number of nitro groups is 1. The molecule has 5 nitrogen and oxygen atoms in total. The minimum atomic E-state index is -0.453. The zero-order chi connectivity index (χ0) is 14.1. The van der Waals surface area contributed by atoms with Gasteiger partial charge >= 0.3 is 0 Å². The van der Waals surface area contributed by atoms with Crippen LogP contribution in [0.4, 0.5) is 11.4 Å². The molecule has 0 aromatic heterocycles. The van der Waals surface area contributed by atoms with Gasteiger partial charge in [-0.1, -0.05) is 12.5 Å². The van der Waals surface area contributed by atoms with Crippen molar-refractivity contribution < 1.29 is 9.72 Å². The number of nitrogens with zero attached hydrogens (tertiary/aromatic N) is 1. The third-order valence-corrected chi connectivity index (χ3v) is 4.67. The molecule has 0 heterocycles. The van der Waals surface area contributed by atoms with E-state index in [-0.39, 0.29) is 11.6 Å². The number of carbonyl (C=O) groups excluding carboxylic acids is 1. The largest absolute Gasteiger partial charge is 0.326 e. The molecule has 2 fully saturated rings. The van der Waals surface area contributed by atoms with Gasteiger partial charge in [-0.15, -0.1) is 0 Å². The first-order valence-electron chi connectivity index (χ1n) is 7.16. The molecule has 5 heteroatoms. The summed E-state index contributed by atoms with van der Waals surface area (Å²) in [5.41, 5.74) is 0.509. The van der Waals surface area contributed by atoms with E-state index in [9.17, 15) is 14.9 Å². The van der Waals surface area contributed by atoms with Crippen LogP contribution in [0.15, 0.2) is 24.3 Å². The van der Waals surface area contributed by atoms with Gasteiger partial charge in [0.25, 0.3) is 5.69 Å². The molecule has 3 atom stereocenters. The molecule has 2 aliphatic rings. The fourth-order valence-corrected chi connectivity index (χ4v) is 3.77. The number of hydrogen-bond donors (Lipinski definition) is 1. The highest BCUT2D eigenvalue weighted by atomic mass is 16.6. The summed E-state index contributed by atoms with van der Waals surface area (Å²) in [6, 6.07) is 6.10. The van der Waals surface area contributed by atoms with Gasteiger partial charge in [-0.05, 0) is 43.1 Å². The van der Waals surface area contributed by atoms with Crippen molar-refractivity contribution in [1.29, 1.82) is 0 Å². The van der Waals surface area contributed by atoms with Crippen molar-refractivity contribution in [1.82, 2.24) is 0 Å². The van der Waals surface area contributed by atoms with Gasteiger partial charge in [0.2, 0.25) is 5.91 Å². The lowest BCUT2D eigenvalue weighted by Gasteiger charge is -2.20. The minimum absolute atomic E-state index is 0.00252. The Balaban J connectivity index is 1.59. The minimum Gasteiger partial charge on any atom is -0.326 e. The smallest absolute Gasteiger partial charge is 0.271 e. The van der Waals surface area contributed by atoms with Crippen molar-refractivity contribution in [3.63, 3.8) is 0 Å². The Hall–Kier alpha value is -1.91. The Labute approximate surface area is 117 Å². The fraction of sp³-hybridized carbons (Fsp3) is 0.533. The molecular formula is C15H18N2O3. The first kappa shape index (κ1) is 13.1. The number of amides is 1. The van der Waals surface area contributed by atoms with E-state index in [1.165, 1.54) is 37.8 Å². The molecule has 106 valence electrons. The second-order valence-electron chi connectivity index (χ2n) is 5.99. The van der Waals surface area contributed by atoms with Gasteiger partial charge in [0.15, 0.2) is 0 Å². The molecule has 1 aromatic carbocycles. The van der Waals surface area contributed by atoms with Crippen LogP contribution in [0.1, 0.15) is 32.1 Å². The van der Waals surface area contributed by atoms with E-state index in [0.29, 0.717) is 18.0 Å². The van der Waals surface area contributed by atoms with Crippen LogP contribution in [0.2, 0.25) is 0 Å². The molecule has 0 aliphatic heterocycles. The van der Waals surface area contributed by atoms with Crippen LogP contribution in [-0.4, -0.2) is 10.8 Å². The van der Waals surface area contributed by atoms with Gasteiger partial charge in [-0.2, -0.15) is 0 Å². The van der Waals surface area contributed by atoms with Crippen molar-refractivity contribution in [2.45, 2.75) is 32.1 Å². The number of carbonyl (C=O) groups is 1. The lowest BCUT2D eigenvalue weighted by molar-refractivity contribution is -0.384. The summed E-state index contributed by atoms with van der Waals surface area (Å²) in [6.45, 7) is 0. The molecule has 20 heavy (non-hydrogen) atoms. The summed E-state index contributed by atoms with van der Waals surface area (Å²) in [4.78, 5) is 22.3. The molecule has 0 saturated heterocycles. The Bertz CT molecular complexity index is 544. The highest BCUT2D eigenvalue weighted by molar-refractivity contribution is 5.91. The van der Waals surface area contributed by atoms with Gasteiger partial charge in [0, 0.05) is 24.2 Å². The summed E-state index contributed by atoms with van der Waals surface area (Å²) < 4.78 is 0. The van der Waals surface area contributed by atoms with Gasteiger partial charge in [0.05, 0.1) is 4.92 Å². The molecule has 2 bridgehead atoms. The molecule has 0 spiro atoms. The van der Waals surface area contributed by atoms with Gasteiger partial charge in [-0.3, -0.25) is 14.9 Å². The summed E-state index contributed by atoms with van der Waals surface area (Å²) in [7, 11) is 0. The lowest BCUT2D eigenvalue weighted by atomic mass is 9.86. The number of nitro benzene ring substituents is 1. The Kier molecular flexibility index (Phi) is 3.42. The first-order chi connectivity index (χ1) is 9.61. The maximum atomic E-state index is 12.0. The van der Waals surface area contributed by atoms with E-state index in [2.05, 4.69) is 5.32 Å². The SMILES string of the molecule is O=C(C[C@H]1C[C@@H]2CC[C@@H]1C2)Nc1cccc([N+](=O)[O-])c1. The highest BCUT2D eigenvalue weighted by Gasteiger charge is 2.40. The molecule has 3 rings (SSSR count). The monoisotopic (exact) mass is 274 g/mol. The highest BCUT2D eigenvalue weighted by Crippen LogP contribution is 2.49. The van der Waals surface area contributed by atoms with E-state index in [4.69, 9.17) is 0 Å². The van der Waals surface area contributed by atoms with Crippen LogP contribution >= 0.6 is 0 Å². The number of non-ortho nitro benzene ring substituents is 1. The van der Waals surface area contributed by atoms with Crippen LogP contribution in [0, 0.1) is 27.9 Å². The standard InChI is InChI=1S/C15H18N2O3/c18-15(8-12-7-10-4-5-11(12)6-10)16-13-2-1-3-14(9-13)17(19)20/h1-3,9-12H,4-8H2,(H,16,18)/t10-,11-,12-/m1/s1. The normalized spacial score (nSPS) is 27.5. The molecule has 2 aliphatic carbocycles. The average Bonchev–Trinajstić information content (AvgIpc) is 3.01. The van der Waals surface area contributed by atoms with Crippen molar-refractivity contribution in [2.24, 2.45) is 17.8 Å². The Morgan fingerprint density at radius 3 is 2.85 bits per heavy atom. The zero-order valence-corrected chi connectivity index (χ0v) is 11.2. The fourth-order valence-electron chi connectivity index (χ4n) is 3.77. The lowest BCUT2D eigenvalue weighted by Crippen LogP contribution is -2.20. The molecule has 1 aromatic rings. The third kappa shape index (κ3) is 2.66. The molecule has 0 radical (unpaired) electrons. The number of hydrogen-bond acceptors (Lipinski definition) is 3. The predicted octanol–water partition coefficient (Wildman–Crippen LogP) is 3.36. The van der Waals surface area contributed by atoms with Crippen LogP contribution in [-0.2, 0) is 4.79 Å². The maximum absolute atomic E-state index is 12.0. The van der Waals surface area contributed by atoms with Crippen molar-refractivity contribution in [3.05, 3.63) is 34.4 Å². The van der Waals surface area contributed by atoms with Crippen molar-refractivity contribution >= 4 is 17.3 Å². The van der Waals surface area contributed by atoms with E-state index in [0.717, 1.165) is 11.8 Å². The number of rotatable bonds is 4. The predicted molar refractivity (Wildman–Crippen MR) is 75.3 cm³/mol. The van der Waals surface area contributed by atoms with Crippen LogP contribution < -0.4 is 5.32 Å². The number of benzene rings is 1. The van der Waals surface area contributed by atoms with Gasteiger partial charge < -0.3 is 5.32 Å². The number of fused-ring (bicyclic) bond motifs is 2. The second kappa shape index (κ2) is 5.23. The average molecular weight is 274 g/mol. The van der Waals surface area contributed by atoms with Gasteiger partial charge in [-0.25, -0.2) is 0 Å². The molecule has 2 saturated carbocycles. The summed E-state index contributed by atoms with van der Waals surface area (Å²) in [6.07, 6.45) is 5.60. The summed E-state index contributed by atoms with van der Waals surface area (Å²) in [5.74, 6) is 2.03. The topological polar surface area (TPSA) is 72.2 Å². The number of nitrogens with one attached hydrogen (secondary N) is 1. The van der Waals surface area contributed by atoms with E-state index < -0.39 is 4.92 Å². The zero-order valence-electron chi connectivity index (χ0n) is 11.2. The third-order valence-electron chi connectivity index (χ3n) is 4.67. The summed E-state index contributed by atoms with van der Waals surface area (Å²) >= 11 is 0. The molecular weight excluding hydrogens is 256 g/mol. The van der Waals surface area contributed by atoms with E-state index in [1.807, 2.05) is 0 Å². The van der Waals surface area contributed by atoms with Crippen molar-refractivity contribution in [2.75, 3.05) is 5.32 Å². The van der Waals surface area contributed by atoms with E-state index in [1.54, 1.807) is 12.1 Å². The Morgan fingerprint density at radius 1 is 1.35 bits per heavy atom. The molecule has 1 amide bonds. The quantitative estimate of drug-likeness (QED) is 0.676. The molecule has 1 N–H and O–H groups in total. The Morgan fingerprint density at radius 2 is 2.20 bits per heavy atom. The first-order valence-corrected chi connectivity index (χ1v) is 7.16. The van der Waals surface area contributed by atoms with Crippen molar-refractivity contribution in [3.8, 4) is 0 Å².